The molecule has 2 rings (SSSR count). The molecule has 1 fully saturated rings. The van der Waals surface area contributed by atoms with E-state index in [4.69, 9.17) is 18.0 Å². The van der Waals surface area contributed by atoms with Crippen LogP contribution in [0.5, 0.6) is 0 Å². The highest BCUT2D eigenvalue weighted by Gasteiger charge is 2.25. The van der Waals surface area contributed by atoms with Crippen LogP contribution in [-0.2, 0) is 0 Å². The largest absolute Gasteiger partial charge is 0.389 e. The third kappa shape index (κ3) is 3.46. The lowest BCUT2D eigenvalue weighted by Gasteiger charge is -2.32. The number of halogens is 2. The number of nitrogens with two attached hydrogens (primary N) is 1. The molecule has 0 bridgehead atoms. The fourth-order valence-electron chi connectivity index (χ4n) is 2.60. The van der Waals surface area contributed by atoms with E-state index in [-0.39, 0.29) is 10.8 Å². The maximum absolute atomic E-state index is 14.4. The minimum Gasteiger partial charge on any atom is -0.389 e. The fraction of sp³-hybridized carbons (Fsp3) is 0.500. The van der Waals surface area contributed by atoms with E-state index in [1.165, 1.54) is 19.3 Å². The number of hydrogen-bond donors (Lipinski definition) is 2. The van der Waals surface area contributed by atoms with E-state index >= 15 is 0 Å². The lowest BCUT2D eigenvalue weighted by Crippen LogP contribution is -2.34. The van der Waals surface area contributed by atoms with Crippen molar-refractivity contribution in [2.75, 3.05) is 11.6 Å². The van der Waals surface area contributed by atoms with Gasteiger partial charge in [0, 0.05) is 16.9 Å². The van der Waals surface area contributed by atoms with E-state index in [0.717, 1.165) is 6.42 Å². The van der Waals surface area contributed by atoms with Crippen molar-refractivity contribution >= 4 is 50.6 Å². The van der Waals surface area contributed by atoms with Crippen LogP contribution in [0.3, 0.4) is 0 Å². The van der Waals surface area contributed by atoms with E-state index in [1.807, 2.05) is 11.8 Å². The van der Waals surface area contributed by atoms with Gasteiger partial charge in [0.1, 0.15) is 4.99 Å². The first-order chi connectivity index (χ1) is 9.54. The number of thiocarbonyl (C=S) groups is 1. The Morgan fingerprint density at radius 2 is 2.15 bits per heavy atom. The van der Waals surface area contributed by atoms with Gasteiger partial charge in [-0.15, -0.1) is 0 Å². The lowest BCUT2D eigenvalue weighted by molar-refractivity contribution is 0.472. The van der Waals surface area contributed by atoms with Crippen molar-refractivity contribution in [2.45, 2.75) is 37.0 Å². The second-order valence-corrected chi connectivity index (χ2v) is 7.27. The standard InChI is InChI=1S/C14H18BrFN2S2/c1-20-11-5-3-2-4-9(11)18-10-7-6-8(14(17)19)12(15)13(10)16/h6-7,9,11,18H,2-5H2,1H3,(H2,17,19). The molecule has 0 heterocycles. The Balaban J connectivity index is 2.21. The SMILES string of the molecule is CSC1CCCCC1Nc1ccc(C(N)=S)c(Br)c1F. The van der Waals surface area contributed by atoms with Crippen LogP contribution >= 0.6 is 39.9 Å². The molecule has 0 spiro atoms. The molecule has 6 heteroatoms. The molecule has 0 saturated heterocycles. The first-order valence-corrected chi connectivity index (χ1v) is 9.10. The minimum atomic E-state index is -0.319. The summed E-state index contributed by atoms with van der Waals surface area (Å²) >= 11 is 10.0. The molecule has 2 nitrogen and oxygen atoms in total. The zero-order chi connectivity index (χ0) is 14.7. The molecule has 0 aromatic heterocycles. The van der Waals surface area contributed by atoms with Crippen LogP contribution in [0.2, 0.25) is 0 Å². The van der Waals surface area contributed by atoms with Gasteiger partial charge < -0.3 is 11.1 Å². The third-order valence-corrected chi connectivity index (χ3v) is 5.86. The minimum absolute atomic E-state index is 0.196. The Hall–Kier alpha value is -0.330. The summed E-state index contributed by atoms with van der Waals surface area (Å²) in [7, 11) is 0. The van der Waals surface area contributed by atoms with Crippen LogP contribution in [-0.4, -0.2) is 22.5 Å². The Labute approximate surface area is 137 Å². The number of anilines is 1. The molecule has 110 valence electrons. The number of rotatable bonds is 4. The molecule has 1 aromatic rings. The van der Waals surface area contributed by atoms with Crippen molar-refractivity contribution in [1.29, 1.82) is 0 Å². The summed E-state index contributed by atoms with van der Waals surface area (Å²) < 4.78 is 14.7. The quantitative estimate of drug-likeness (QED) is 0.767. The number of nitrogens with one attached hydrogen (secondary N) is 1. The zero-order valence-corrected chi connectivity index (χ0v) is 14.5. The van der Waals surface area contributed by atoms with Crippen molar-refractivity contribution < 1.29 is 4.39 Å². The van der Waals surface area contributed by atoms with E-state index in [9.17, 15) is 4.39 Å². The van der Waals surface area contributed by atoms with Crippen LogP contribution in [0.4, 0.5) is 10.1 Å². The average molecular weight is 377 g/mol. The Morgan fingerprint density at radius 3 is 2.80 bits per heavy atom. The molecule has 0 amide bonds. The van der Waals surface area contributed by atoms with E-state index in [1.54, 1.807) is 12.1 Å². The second-order valence-electron chi connectivity index (χ2n) is 4.96. The maximum atomic E-state index is 14.4. The van der Waals surface area contributed by atoms with Gasteiger partial charge in [0.15, 0.2) is 5.82 Å². The van der Waals surface area contributed by atoms with E-state index in [2.05, 4.69) is 27.5 Å². The van der Waals surface area contributed by atoms with Gasteiger partial charge in [0.05, 0.1) is 10.2 Å². The summed E-state index contributed by atoms with van der Waals surface area (Å²) in [6, 6.07) is 3.80. The molecule has 1 aromatic carbocycles. The molecule has 2 unspecified atom stereocenters. The summed E-state index contributed by atoms with van der Waals surface area (Å²) in [6.45, 7) is 0. The predicted molar refractivity (Wildman–Crippen MR) is 93.2 cm³/mol. The van der Waals surface area contributed by atoms with Crippen molar-refractivity contribution in [3.05, 3.63) is 28.0 Å². The summed E-state index contributed by atoms with van der Waals surface area (Å²) in [4.78, 5) is 0.196. The van der Waals surface area contributed by atoms with Crippen LogP contribution in [0.15, 0.2) is 16.6 Å². The van der Waals surface area contributed by atoms with Crippen LogP contribution < -0.4 is 11.1 Å². The van der Waals surface area contributed by atoms with Gasteiger partial charge >= 0.3 is 0 Å². The molecule has 3 N–H and O–H groups in total. The molecule has 0 aliphatic heterocycles. The van der Waals surface area contributed by atoms with Crippen LogP contribution in [0, 0.1) is 5.82 Å². The van der Waals surface area contributed by atoms with Crippen molar-refractivity contribution in [3.63, 3.8) is 0 Å². The molecular weight excluding hydrogens is 359 g/mol. The van der Waals surface area contributed by atoms with Gasteiger partial charge in [-0.25, -0.2) is 4.39 Å². The molecule has 1 aliphatic carbocycles. The Kier molecular flexibility index (Phi) is 5.69. The van der Waals surface area contributed by atoms with Gasteiger partial charge in [0.2, 0.25) is 0 Å². The first kappa shape index (κ1) is 16.0. The highest BCUT2D eigenvalue weighted by atomic mass is 79.9. The van der Waals surface area contributed by atoms with Crippen molar-refractivity contribution in [3.8, 4) is 0 Å². The smallest absolute Gasteiger partial charge is 0.161 e. The summed E-state index contributed by atoms with van der Waals surface area (Å²) in [6.07, 6.45) is 6.85. The first-order valence-electron chi connectivity index (χ1n) is 6.61. The van der Waals surface area contributed by atoms with Crippen molar-refractivity contribution in [2.24, 2.45) is 5.73 Å². The molecule has 1 aliphatic rings. The van der Waals surface area contributed by atoms with Gasteiger partial charge in [-0.3, -0.25) is 0 Å². The summed E-state index contributed by atoms with van der Waals surface area (Å²) in [5.41, 5.74) is 6.62. The summed E-state index contributed by atoms with van der Waals surface area (Å²) in [5.74, 6) is -0.319. The lowest BCUT2D eigenvalue weighted by atomic mass is 9.94. The molecule has 2 atom stereocenters. The highest BCUT2D eigenvalue weighted by Crippen LogP contribution is 2.32. The molecular formula is C14H18BrFN2S2. The highest BCUT2D eigenvalue weighted by molar-refractivity contribution is 9.10. The topological polar surface area (TPSA) is 38.0 Å². The zero-order valence-electron chi connectivity index (χ0n) is 11.3. The number of thioether (sulfide) groups is 1. The predicted octanol–water partition coefficient (Wildman–Crippen LogP) is 4.31. The average Bonchev–Trinajstić information content (AvgIpc) is 2.44. The van der Waals surface area contributed by atoms with E-state index in [0.29, 0.717) is 27.0 Å². The van der Waals surface area contributed by atoms with Crippen LogP contribution in [0.1, 0.15) is 31.2 Å². The Morgan fingerprint density at radius 1 is 1.45 bits per heavy atom. The fourth-order valence-corrected chi connectivity index (χ4v) is 4.39. The van der Waals surface area contributed by atoms with Gasteiger partial charge in [-0.2, -0.15) is 11.8 Å². The number of hydrogen-bond acceptors (Lipinski definition) is 3. The molecule has 20 heavy (non-hydrogen) atoms. The monoisotopic (exact) mass is 376 g/mol. The molecule has 0 radical (unpaired) electrons. The van der Waals surface area contributed by atoms with Gasteiger partial charge in [-0.1, -0.05) is 25.1 Å². The second kappa shape index (κ2) is 7.09. The van der Waals surface area contributed by atoms with Gasteiger partial charge in [-0.05, 0) is 47.2 Å². The normalized spacial score (nSPS) is 22.6. The third-order valence-electron chi connectivity index (χ3n) is 3.69. The van der Waals surface area contributed by atoms with E-state index < -0.39 is 0 Å². The van der Waals surface area contributed by atoms with Gasteiger partial charge in [0.25, 0.3) is 0 Å². The van der Waals surface area contributed by atoms with Crippen LogP contribution in [0.25, 0.3) is 0 Å². The van der Waals surface area contributed by atoms with Crippen molar-refractivity contribution in [1.82, 2.24) is 0 Å². The number of benzene rings is 1. The maximum Gasteiger partial charge on any atom is 0.161 e. The Bertz CT molecular complexity index is 510. The summed E-state index contributed by atoms with van der Waals surface area (Å²) in [5, 5.41) is 3.89. The molecule has 1 saturated carbocycles.